The Morgan fingerprint density at radius 2 is 2.00 bits per heavy atom. The van der Waals surface area contributed by atoms with E-state index in [0.29, 0.717) is 6.42 Å². The molecule has 1 aliphatic heterocycles. The molecule has 2 rings (SSSR count). The Labute approximate surface area is 94.4 Å². The zero-order valence-corrected chi connectivity index (χ0v) is 9.38. The molecule has 1 aromatic rings. The molecule has 16 heavy (non-hydrogen) atoms. The smallest absolute Gasteiger partial charge is 0.251 e. The van der Waals surface area contributed by atoms with Crippen LogP contribution in [0.5, 0.6) is 5.75 Å². The van der Waals surface area contributed by atoms with Crippen LogP contribution < -0.4 is 4.74 Å². The minimum Gasteiger partial charge on any atom is -0.497 e. The Bertz CT molecular complexity index is 388. The molecule has 86 valence electrons. The molecule has 1 aromatic carbocycles. The minimum atomic E-state index is -0.864. The zero-order valence-electron chi connectivity index (χ0n) is 9.38. The Morgan fingerprint density at radius 3 is 2.44 bits per heavy atom. The van der Waals surface area contributed by atoms with E-state index >= 15 is 0 Å². The summed E-state index contributed by atoms with van der Waals surface area (Å²) in [7, 11) is 3.33. The number of likely N-dealkylation sites (tertiary alicyclic amines) is 1. The molecule has 0 aromatic heterocycles. The summed E-state index contributed by atoms with van der Waals surface area (Å²) in [6, 6.07) is 7.53. The number of carbonyl (C=O) groups is 1. The van der Waals surface area contributed by atoms with Crippen LogP contribution in [-0.4, -0.2) is 36.2 Å². The van der Waals surface area contributed by atoms with E-state index in [2.05, 4.69) is 0 Å². The third-order valence-corrected chi connectivity index (χ3v) is 3.05. The molecule has 1 heterocycles. The van der Waals surface area contributed by atoms with E-state index < -0.39 is 6.10 Å². The quantitative estimate of drug-likeness (QED) is 0.809. The van der Waals surface area contributed by atoms with Gasteiger partial charge in [-0.25, -0.2) is 0 Å². The molecule has 0 radical (unpaired) electrons. The van der Waals surface area contributed by atoms with Crippen molar-refractivity contribution in [3.05, 3.63) is 29.8 Å². The summed E-state index contributed by atoms with van der Waals surface area (Å²) in [5.41, 5.74) is 1.02. The van der Waals surface area contributed by atoms with Crippen molar-refractivity contribution in [3.8, 4) is 5.75 Å². The van der Waals surface area contributed by atoms with Crippen LogP contribution in [0.1, 0.15) is 18.0 Å². The van der Waals surface area contributed by atoms with Gasteiger partial charge < -0.3 is 14.7 Å². The van der Waals surface area contributed by atoms with Gasteiger partial charge in [-0.1, -0.05) is 12.1 Å². The number of methoxy groups -OCH3 is 1. The first kappa shape index (κ1) is 11.0. The molecule has 0 saturated carbocycles. The second-order valence-electron chi connectivity index (χ2n) is 3.99. The maximum atomic E-state index is 11.5. The predicted molar refractivity (Wildman–Crippen MR) is 59.1 cm³/mol. The summed E-state index contributed by atoms with van der Waals surface area (Å²) in [4.78, 5) is 13.1. The van der Waals surface area contributed by atoms with Crippen LogP contribution in [0.3, 0.4) is 0 Å². The van der Waals surface area contributed by atoms with E-state index in [9.17, 15) is 9.90 Å². The molecule has 4 nitrogen and oxygen atoms in total. The Kier molecular flexibility index (Phi) is 2.83. The first-order valence-corrected chi connectivity index (χ1v) is 5.22. The number of likely N-dealkylation sites (N-methyl/N-ethyl adjacent to an activating group) is 1. The highest BCUT2D eigenvalue weighted by Gasteiger charge is 2.36. The number of amides is 1. The van der Waals surface area contributed by atoms with Crippen LogP contribution in [-0.2, 0) is 4.79 Å². The first-order chi connectivity index (χ1) is 7.63. The van der Waals surface area contributed by atoms with Crippen molar-refractivity contribution in [2.75, 3.05) is 14.2 Å². The van der Waals surface area contributed by atoms with E-state index in [1.165, 1.54) is 0 Å². The predicted octanol–water partition coefficient (Wildman–Crippen LogP) is 0.959. The van der Waals surface area contributed by atoms with Gasteiger partial charge in [0.1, 0.15) is 11.9 Å². The van der Waals surface area contributed by atoms with Crippen LogP contribution in [0.15, 0.2) is 24.3 Å². The lowest BCUT2D eigenvalue weighted by atomic mass is 10.0. The zero-order chi connectivity index (χ0) is 11.7. The topological polar surface area (TPSA) is 49.8 Å². The molecule has 1 aliphatic rings. The van der Waals surface area contributed by atoms with Gasteiger partial charge in [0.15, 0.2) is 0 Å². The SMILES string of the molecule is COc1ccc([C@H]2C[C@@H](O)C(=O)N2C)cc1. The maximum absolute atomic E-state index is 11.5. The molecule has 0 bridgehead atoms. The summed E-state index contributed by atoms with van der Waals surface area (Å²) in [5, 5.41) is 9.48. The van der Waals surface area contributed by atoms with Crippen LogP contribution in [0.25, 0.3) is 0 Å². The highest BCUT2D eigenvalue weighted by molar-refractivity contribution is 5.83. The normalized spacial score (nSPS) is 24.9. The first-order valence-electron chi connectivity index (χ1n) is 5.22. The van der Waals surface area contributed by atoms with Gasteiger partial charge in [0.2, 0.25) is 0 Å². The lowest BCUT2D eigenvalue weighted by molar-refractivity contribution is -0.134. The van der Waals surface area contributed by atoms with Crippen LogP contribution in [0.2, 0.25) is 0 Å². The van der Waals surface area contributed by atoms with Crippen LogP contribution in [0, 0.1) is 0 Å². The number of ether oxygens (including phenoxy) is 1. The molecule has 0 aliphatic carbocycles. The average Bonchev–Trinajstić information content (AvgIpc) is 2.57. The lowest BCUT2D eigenvalue weighted by Crippen LogP contribution is -2.26. The number of aliphatic hydroxyl groups excluding tert-OH is 1. The number of benzene rings is 1. The number of nitrogens with zero attached hydrogens (tertiary/aromatic N) is 1. The van der Waals surface area contributed by atoms with Crippen molar-refractivity contribution in [3.63, 3.8) is 0 Å². The summed E-state index contributed by atoms with van der Waals surface area (Å²) in [6.45, 7) is 0. The van der Waals surface area contributed by atoms with Gasteiger partial charge in [-0.05, 0) is 17.7 Å². The third kappa shape index (κ3) is 1.76. The fraction of sp³-hybridized carbons (Fsp3) is 0.417. The van der Waals surface area contributed by atoms with Crippen LogP contribution >= 0.6 is 0 Å². The molecule has 0 unspecified atom stereocenters. The Hall–Kier alpha value is -1.55. The Balaban J connectivity index is 2.21. The monoisotopic (exact) mass is 221 g/mol. The largest absolute Gasteiger partial charge is 0.497 e. The van der Waals surface area contributed by atoms with E-state index in [1.807, 2.05) is 24.3 Å². The van der Waals surface area contributed by atoms with Gasteiger partial charge in [0, 0.05) is 13.5 Å². The highest BCUT2D eigenvalue weighted by Crippen LogP contribution is 2.32. The second kappa shape index (κ2) is 4.14. The molecular formula is C12H15NO3. The maximum Gasteiger partial charge on any atom is 0.251 e. The number of carbonyl (C=O) groups excluding carboxylic acids is 1. The molecule has 4 heteroatoms. The molecule has 1 N–H and O–H groups in total. The second-order valence-corrected chi connectivity index (χ2v) is 3.99. The van der Waals surface area contributed by atoms with Crippen molar-refractivity contribution in [1.82, 2.24) is 4.90 Å². The van der Waals surface area contributed by atoms with Crippen molar-refractivity contribution in [1.29, 1.82) is 0 Å². The van der Waals surface area contributed by atoms with Crippen molar-refractivity contribution in [2.24, 2.45) is 0 Å². The van der Waals surface area contributed by atoms with E-state index in [-0.39, 0.29) is 11.9 Å². The molecule has 2 atom stereocenters. The lowest BCUT2D eigenvalue weighted by Gasteiger charge is -2.19. The van der Waals surface area contributed by atoms with Gasteiger partial charge in [0.05, 0.1) is 13.2 Å². The van der Waals surface area contributed by atoms with Crippen LogP contribution in [0.4, 0.5) is 0 Å². The summed E-state index contributed by atoms with van der Waals surface area (Å²) in [6.07, 6.45) is -0.404. The van der Waals surface area contributed by atoms with Gasteiger partial charge in [-0.2, -0.15) is 0 Å². The standard InChI is InChI=1S/C12H15NO3/c1-13-10(7-11(14)12(13)15)8-3-5-9(16-2)6-4-8/h3-6,10-11,14H,7H2,1-2H3/t10-,11-/m1/s1. The number of hydrogen-bond acceptors (Lipinski definition) is 3. The summed E-state index contributed by atoms with van der Waals surface area (Å²) >= 11 is 0. The number of rotatable bonds is 2. The van der Waals surface area contributed by atoms with Crippen molar-refractivity contribution >= 4 is 5.91 Å². The molecular weight excluding hydrogens is 206 g/mol. The van der Waals surface area contributed by atoms with Gasteiger partial charge in [-0.3, -0.25) is 4.79 Å². The van der Waals surface area contributed by atoms with Crippen molar-refractivity contribution in [2.45, 2.75) is 18.6 Å². The van der Waals surface area contributed by atoms with Gasteiger partial charge in [0.25, 0.3) is 5.91 Å². The number of hydrogen-bond donors (Lipinski definition) is 1. The summed E-state index contributed by atoms with van der Waals surface area (Å²) in [5.74, 6) is 0.581. The average molecular weight is 221 g/mol. The van der Waals surface area contributed by atoms with Gasteiger partial charge in [-0.15, -0.1) is 0 Å². The van der Waals surface area contributed by atoms with E-state index in [4.69, 9.17) is 4.74 Å². The fourth-order valence-electron chi connectivity index (χ4n) is 2.04. The van der Waals surface area contributed by atoms with E-state index in [0.717, 1.165) is 11.3 Å². The fourth-order valence-corrected chi connectivity index (χ4v) is 2.04. The van der Waals surface area contributed by atoms with E-state index in [1.54, 1.807) is 19.1 Å². The third-order valence-electron chi connectivity index (χ3n) is 3.05. The number of aliphatic hydroxyl groups is 1. The highest BCUT2D eigenvalue weighted by atomic mass is 16.5. The molecule has 1 saturated heterocycles. The van der Waals surface area contributed by atoms with Gasteiger partial charge >= 0.3 is 0 Å². The summed E-state index contributed by atoms with van der Waals surface area (Å²) < 4.78 is 5.07. The Morgan fingerprint density at radius 1 is 1.38 bits per heavy atom. The molecule has 1 fully saturated rings. The minimum absolute atomic E-state index is 0.0339. The molecule has 1 amide bonds. The molecule has 0 spiro atoms. The van der Waals surface area contributed by atoms with Crippen molar-refractivity contribution < 1.29 is 14.6 Å².